The van der Waals surface area contributed by atoms with Crippen molar-refractivity contribution >= 4 is 43.5 Å². The van der Waals surface area contributed by atoms with E-state index in [-0.39, 0.29) is 15.6 Å². The summed E-state index contributed by atoms with van der Waals surface area (Å²) in [4.78, 5) is 32.9. The molecule has 3 rings (SSSR count). The number of carbonyl (C=O) groups excluding carboxylic acids is 2. The number of rotatable bonds is 3. The van der Waals surface area contributed by atoms with E-state index < -0.39 is 27.5 Å². The molecule has 0 aliphatic rings. The summed E-state index contributed by atoms with van der Waals surface area (Å²) in [6.07, 6.45) is 4.75. The zero-order chi connectivity index (χ0) is 21.6. The van der Waals surface area contributed by atoms with Gasteiger partial charge in [0.1, 0.15) is 10.5 Å². The molecular weight excluding hydrogens is 418 g/mol. The third-order valence-electron chi connectivity index (χ3n) is 3.70. The first-order chi connectivity index (χ1) is 13.4. The van der Waals surface area contributed by atoms with Crippen LogP contribution in [0.3, 0.4) is 0 Å². The Bertz CT molecular complexity index is 1220. The van der Waals surface area contributed by atoms with Crippen molar-refractivity contribution in [2.24, 2.45) is 0 Å². The molecule has 3 heterocycles. The molecule has 0 saturated heterocycles. The van der Waals surface area contributed by atoms with Gasteiger partial charge in [0.25, 0.3) is 0 Å². The lowest BCUT2D eigenvalue weighted by atomic mass is 10.1. The zero-order valence-electron chi connectivity index (χ0n) is 16.4. The third kappa shape index (κ3) is 4.30. The second-order valence-electron chi connectivity index (χ2n) is 7.22. The van der Waals surface area contributed by atoms with Crippen LogP contribution >= 0.6 is 11.3 Å². The van der Waals surface area contributed by atoms with Crippen LogP contribution in [0.15, 0.2) is 29.8 Å². The van der Waals surface area contributed by atoms with Gasteiger partial charge >= 0.3 is 12.1 Å². The maximum absolute atomic E-state index is 12.3. The van der Waals surface area contributed by atoms with Gasteiger partial charge in [-0.15, -0.1) is 11.3 Å². The van der Waals surface area contributed by atoms with Gasteiger partial charge in [0.15, 0.2) is 0 Å². The summed E-state index contributed by atoms with van der Waals surface area (Å²) in [5.41, 5.74) is 0.464. The van der Waals surface area contributed by atoms with E-state index in [0.29, 0.717) is 15.8 Å². The molecule has 3 aromatic rings. The van der Waals surface area contributed by atoms with Crippen LogP contribution in [0.25, 0.3) is 21.3 Å². The lowest BCUT2D eigenvalue weighted by Crippen LogP contribution is -2.26. The second-order valence-corrected chi connectivity index (χ2v) is 10.2. The number of ether oxygens (including phenoxy) is 2. The van der Waals surface area contributed by atoms with Crippen LogP contribution in [0.5, 0.6) is 0 Å². The number of fused-ring (bicyclic) bond motifs is 1. The van der Waals surface area contributed by atoms with Gasteiger partial charge in [-0.05, 0) is 26.8 Å². The van der Waals surface area contributed by atoms with Crippen molar-refractivity contribution in [2.45, 2.75) is 31.5 Å². The largest absolute Gasteiger partial charge is 0.465 e. The van der Waals surface area contributed by atoms with Crippen LogP contribution < -0.4 is 0 Å². The van der Waals surface area contributed by atoms with E-state index >= 15 is 0 Å². The molecule has 29 heavy (non-hydrogen) atoms. The highest BCUT2D eigenvalue weighted by Crippen LogP contribution is 2.38. The van der Waals surface area contributed by atoms with Gasteiger partial charge in [-0.2, -0.15) is 0 Å². The predicted octanol–water partition coefficient (Wildman–Crippen LogP) is 3.13. The lowest BCUT2D eigenvalue weighted by molar-refractivity contribution is 0.0536. The monoisotopic (exact) mass is 437 g/mol. The third-order valence-corrected chi connectivity index (χ3v) is 5.65. The Morgan fingerprint density at radius 1 is 1.24 bits per heavy atom. The van der Waals surface area contributed by atoms with Crippen molar-refractivity contribution < 1.29 is 27.5 Å². The number of hydrogen-bond acceptors (Lipinski definition) is 9. The number of aromatic nitrogens is 3. The Morgan fingerprint density at radius 3 is 2.52 bits per heavy atom. The van der Waals surface area contributed by atoms with E-state index in [9.17, 15) is 18.0 Å². The Kier molecular flexibility index (Phi) is 5.22. The maximum Gasteiger partial charge on any atom is 0.418 e. The second kappa shape index (κ2) is 7.23. The first kappa shape index (κ1) is 20.9. The fourth-order valence-corrected chi connectivity index (χ4v) is 4.09. The molecule has 0 amide bonds. The minimum atomic E-state index is -3.65. The molecule has 0 radical (unpaired) electrons. The molecule has 0 fully saturated rings. The van der Waals surface area contributed by atoms with Gasteiger partial charge in [0.2, 0.25) is 15.0 Å². The summed E-state index contributed by atoms with van der Waals surface area (Å²) < 4.78 is 35.7. The van der Waals surface area contributed by atoms with Crippen LogP contribution in [0.1, 0.15) is 30.4 Å². The summed E-state index contributed by atoms with van der Waals surface area (Å²) in [7, 11) is -2.41. The van der Waals surface area contributed by atoms with Gasteiger partial charge in [-0.1, -0.05) is 0 Å². The first-order valence-corrected chi connectivity index (χ1v) is 11.1. The van der Waals surface area contributed by atoms with Crippen LogP contribution in [-0.4, -0.2) is 54.0 Å². The fraction of sp³-hybridized carbons (Fsp3) is 0.333. The van der Waals surface area contributed by atoms with Gasteiger partial charge in [-0.25, -0.2) is 28.0 Å². The molecule has 154 valence electrons. The van der Waals surface area contributed by atoms with Crippen molar-refractivity contribution in [1.29, 1.82) is 0 Å². The van der Waals surface area contributed by atoms with Gasteiger partial charge < -0.3 is 9.47 Å². The average Bonchev–Trinajstić information content (AvgIpc) is 3.22. The van der Waals surface area contributed by atoms with Gasteiger partial charge in [0.05, 0.1) is 17.3 Å². The molecule has 0 spiro atoms. The quantitative estimate of drug-likeness (QED) is 0.453. The normalized spacial score (nSPS) is 12.2. The molecule has 0 aliphatic heterocycles. The SMILES string of the molecule is COC(=O)c1sc2cnc(S(C)(=O)=O)nc2c1-c1ccn(C(=O)OC(C)(C)C)c1. The van der Waals surface area contributed by atoms with Crippen molar-refractivity contribution in [1.82, 2.24) is 14.5 Å². The summed E-state index contributed by atoms with van der Waals surface area (Å²) >= 11 is 1.08. The van der Waals surface area contributed by atoms with Gasteiger partial charge in [0, 0.05) is 36.0 Å². The highest BCUT2D eigenvalue weighted by molar-refractivity contribution is 7.90. The molecule has 0 unspecified atom stereocenters. The number of sulfone groups is 1. The number of esters is 1. The molecule has 9 nitrogen and oxygen atoms in total. The van der Waals surface area contributed by atoms with Crippen LogP contribution in [-0.2, 0) is 19.3 Å². The van der Waals surface area contributed by atoms with Crippen LogP contribution in [0, 0.1) is 0 Å². The topological polar surface area (TPSA) is 117 Å². The smallest absolute Gasteiger partial charge is 0.418 e. The van der Waals surface area contributed by atoms with E-state index in [1.54, 1.807) is 26.8 Å². The average molecular weight is 437 g/mol. The van der Waals surface area contributed by atoms with Gasteiger partial charge in [-0.3, -0.25) is 4.57 Å². The highest BCUT2D eigenvalue weighted by Gasteiger charge is 2.25. The number of carbonyl (C=O) groups is 2. The summed E-state index contributed by atoms with van der Waals surface area (Å²) in [5.74, 6) is -0.603. The summed E-state index contributed by atoms with van der Waals surface area (Å²) in [6.45, 7) is 5.25. The minimum Gasteiger partial charge on any atom is -0.465 e. The fourth-order valence-electron chi connectivity index (χ4n) is 2.53. The number of hydrogen-bond donors (Lipinski definition) is 0. The highest BCUT2D eigenvalue weighted by atomic mass is 32.2. The Balaban J connectivity index is 2.19. The minimum absolute atomic E-state index is 0.226. The number of thiophene rings is 1. The summed E-state index contributed by atoms with van der Waals surface area (Å²) in [5, 5.41) is -0.355. The molecule has 0 saturated carbocycles. The number of methoxy groups -OCH3 is 1. The molecule has 0 aliphatic carbocycles. The molecule has 0 bridgehead atoms. The van der Waals surface area contributed by atoms with Crippen molar-refractivity contribution in [2.75, 3.05) is 13.4 Å². The molecule has 0 N–H and O–H groups in total. The Labute approximate surface area is 171 Å². The van der Waals surface area contributed by atoms with Crippen molar-refractivity contribution in [3.8, 4) is 11.1 Å². The van der Waals surface area contributed by atoms with E-state index in [0.717, 1.165) is 17.6 Å². The standard InChI is InChI=1S/C18H19N3O6S2/c1-18(2,3)27-17(23)21-7-6-10(9-21)12-13-11(28-14(12)15(22)26-4)8-19-16(20-13)29(5,24)25/h6-9H,1-5H3. The van der Waals surface area contributed by atoms with E-state index in [4.69, 9.17) is 9.47 Å². The van der Waals surface area contributed by atoms with E-state index in [1.807, 2.05) is 0 Å². The molecule has 3 aromatic heterocycles. The number of nitrogens with zero attached hydrogens (tertiary/aromatic N) is 3. The Hall–Kier alpha value is -2.79. The van der Waals surface area contributed by atoms with Crippen molar-refractivity contribution in [3.63, 3.8) is 0 Å². The maximum atomic E-state index is 12.3. The molecule has 0 atom stereocenters. The molecule has 11 heteroatoms. The predicted molar refractivity (Wildman–Crippen MR) is 107 cm³/mol. The van der Waals surface area contributed by atoms with Crippen LogP contribution in [0.4, 0.5) is 4.79 Å². The van der Waals surface area contributed by atoms with Crippen molar-refractivity contribution in [3.05, 3.63) is 29.5 Å². The lowest BCUT2D eigenvalue weighted by Gasteiger charge is -2.19. The summed E-state index contributed by atoms with van der Waals surface area (Å²) in [6, 6.07) is 1.61. The molecular formula is C18H19N3O6S2. The van der Waals surface area contributed by atoms with E-state index in [1.165, 1.54) is 30.3 Å². The Morgan fingerprint density at radius 2 is 1.93 bits per heavy atom. The first-order valence-electron chi connectivity index (χ1n) is 8.40. The zero-order valence-corrected chi connectivity index (χ0v) is 18.1. The van der Waals surface area contributed by atoms with Crippen LogP contribution in [0.2, 0.25) is 0 Å². The molecule has 0 aromatic carbocycles. The van der Waals surface area contributed by atoms with E-state index in [2.05, 4.69) is 9.97 Å².